The lowest BCUT2D eigenvalue weighted by molar-refractivity contribution is -0.0265. The normalized spacial score (nSPS) is 11.3. The molecule has 0 unspecified atom stereocenters. The molecule has 0 aliphatic rings. The predicted octanol–water partition coefficient (Wildman–Crippen LogP) is 2.05. The molecule has 0 saturated heterocycles. The quantitative estimate of drug-likeness (QED) is 0.0710. The second-order valence-corrected chi connectivity index (χ2v) is 8.61. The Balaban J connectivity index is 1.63. The molecule has 1 aromatic carbocycles. The molecule has 0 aliphatic carbocycles. The van der Waals surface area contributed by atoms with Crippen molar-refractivity contribution in [2.45, 2.75) is 0 Å². The zero-order valence-corrected chi connectivity index (χ0v) is 25.1. The smallest absolute Gasteiger partial charge is 0.119 e. The first kappa shape index (κ1) is 37.7. The van der Waals surface area contributed by atoms with Gasteiger partial charge in [-0.2, -0.15) is 0 Å². The Bertz CT molecular complexity index is 646. The molecule has 12 nitrogen and oxygen atoms in total. The molecule has 0 amide bonds. The minimum atomic E-state index is 0.477. The highest BCUT2D eigenvalue weighted by atomic mass is 35.5. The van der Waals surface area contributed by atoms with Crippen molar-refractivity contribution in [1.29, 1.82) is 0 Å². The summed E-state index contributed by atoms with van der Waals surface area (Å²) >= 11 is 5.50. The van der Waals surface area contributed by atoms with Gasteiger partial charge in [0.2, 0.25) is 0 Å². The van der Waals surface area contributed by atoms with E-state index in [0.717, 1.165) is 5.75 Å². The van der Waals surface area contributed by atoms with Gasteiger partial charge in [0.15, 0.2) is 0 Å². The highest BCUT2D eigenvalue weighted by molar-refractivity contribution is 6.17. The van der Waals surface area contributed by atoms with Gasteiger partial charge in [0.1, 0.15) is 12.4 Å². The van der Waals surface area contributed by atoms with Gasteiger partial charge in [0.05, 0.1) is 132 Å². The summed E-state index contributed by atoms with van der Waals surface area (Å²) in [6.07, 6.45) is 0. The van der Waals surface area contributed by atoms with E-state index >= 15 is 0 Å². The van der Waals surface area contributed by atoms with E-state index in [0.29, 0.717) is 150 Å². The Morgan fingerprint density at radius 1 is 0.366 bits per heavy atom. The first-order chi connectivity index (χ1) is 20.3. The van der Waals surface area contributed by atoms with Gasteiger partial charge in [0.25, 0.3) is 0 Å². The van der Waals surface area contributed by atoms with E-state index in [-0.39, 0.29) is 0 Å². The van der Waals surface area contributed by atoms with Crippen LogP contribution in [0.4, 0.5) is 5.69 Å². The second kappa shape index (κ2) is 31.6. The van der Waals surface area contributed by atoms with E-state index in [1.54, 1.807) is 12.1 Å². The fourth-order valence-corrected chi connectivity index (χ4v) is 3.03. The molecular formula is C28H50ClNO11. The van der Waals surface area contributed by atoms with Gasteiger partial charge < -0.3 is 57.8 Å². The Morgan fingerprint density at radius 3 is 0.878 bits per heavy atom. The Hall–Kier alpha value is -1.29. The molecule has 13 heteroatoms. The van der Waals surface area contributed by atoms with Crippen LogP contribution in [0.5, 0.6) is 5.75 Å². The Kier molecular flexibility index (Phi) is 29.1. The van der Waals surface area contributed by atoms with E-state index in [2.05, 4.69) is 0 Å². The molecule has 0 atom stereocenters. The third-order valence-corrected chi connectivity index (χ3v) is 5.10. The maximum atomic E-state index is 5.63. The van der Waals surface area contributed by atoms with Crippen LogP contribution in [-0.2, 0) is 47.4 Å². The minimum absolute atomic E-state index is 0.477. The average molecular weight is 612 g/mol. The number of benzene rings is 1. The average Bonchev–Trinajstić information content (AvgIpc) is 2.98. The summed E-state index contributed by atoms with van der Waals surface area (Å²) in [6, 6.07) is 7.26. The lowest BCUT2D eigenvalue weighted by atomic mass is 10.3. The van der Waals surface area contributed by atoms with Crippen LogP contribution in [-0.4, -0.2) is 145 Å². The van der Waals surface area contributed by atoms with Crippen molar-refractivity contribution < 1.29 is 52.1 Å². The second-order valence-electron chi connectivity index (χ2n) is 8.23. The van der Waals surface area contributed by atoms with E-state index in [4.69, 9.17) is 69.4 Å². The number of alkyl halides is 1. The number of anilines is 1. The zero-order valence-electron chi connectivity index (χ0n) is 24.3. The van der Waals surface area contributed by atoms with E-state index in [1.165, 1.54) is 0 Å². The van der Waals surface area contributed by atoms with Gasteiger partial charge in [-0.05, 0) is 24.3 Å². The zero-order chi connectivity index (χ0) is 29.3. The first-order valence-corrected chi connectivity index (χ1v) is 14.7. The van der Waals surface area contributed by atoms with Crippen LogP contribution in [0.15, 0.2) is 24.3 Å². The fraction of sp³-hybridized carbons (Fsp3) is 0.786. The molecule has 240 valence electrons. The molecule has 0 fully saturated rings. The van der Waals surface area contributed by atoms with Crippen molar-refractivity contribution in [3.05, 3.63) is 24.3 Å². The highest BCUT2D eigenvalue weighted by Crippen LogP contribution is 2.12. The van der Waals surface area contributed by atoms with Gasteiger partial charge in [-0.15, -0.1) is 11.6 Å². The van der Waals surface area contributed by atoms with Crippen LogP contribution in [0.2, 0.25) is 0 Å². The monoisotopic (exact) mass is 611 g/mol. The molecular weight excluding hydrogens is 562 g/mol. The Morgan fingerprint density at radius 2 is 0.610 bits per heavy atom. The molecule has 0 aliphatic heterocycles. The summed E-state index contributed by atoms with van der Waals surface area (Å²) in [5, 5.41) is 0. The van der Waals surface area contributed by atoms with Crippen molar-refractivity contribution in [2.24, 2.45) is 0 Å². The summed E-state index contributed by atoms with van der Waals surface area (Å²) in [7, 11) is 0. The maximum Gasteiger partial charge on any atom is 0.119 e. The van der Waals surface area contributed by atoms with Gasteiger partial charge in [0, 0.05) is 11.6 Å². The first-order valence-electron chi connectivity index (χ1n) is 14.1. The summed E-state index contributed by atoms with van der Waals surface area (Å²) < 4.78 is 59.7. The van der Waals surface area contributed by atoms with Crippen molar-refractivity contribution in [3.8, 4) is 5.75 Å². The number of hydrogen-bond acceptors (Lipinski definition) is 12. The lowest BCUT2D eigenvalue weighted by Gasteiger charge is -2.09. The minimum Gasteiger partial charge on any atom is -0.491 e. The van der Waals surface area contributed by atoms with Crippen LogP contribution < -0.4 is 10.5 Å². The highest BCUT2D eigenvalue weighted by Gasteiger charge is 1.97. The molecule has 0 saturated carbocycles. The summed E-state index contributed by atoms with van der Waals surface area (Å²) in [4.78, 5) is 0. The van der Waals surface area contributed by atoms with Crippen LogP contribution in [0.1, 0.15) is 0 Å². The molecule has 1 rings (SSSR count). The number of halogens is 1. The summed E-state index contributed by atoms with van der Waals surface area (Å²) in [6.45, 7) is 10.8. The lowest BCUT2D eigenvalue weighted by Crippen LogP contribution is -2.15. The molecule has 2 N–H and O–H groups in total. The third kappa shape index (κ3) is 28.6. The van der Waals surface area contributed by atoms with Crippen LogP contribution in [0, 0.1) is 0 Å². The third-order valence-electron chi connectivity index (χ3n) is 4.95. The molecule has 0 radical (unpaired) electrons. The topological polar surface area (TPSA) is 128 Å². The van der Waals surface area contributed by atoms with Crippen LogP contribution in [0.3, 0.4) is 0 Å². The molecule has 1 aromatic rings. The fourth-order valence-electron chi connectivity index (χ4n) is 2.92. The van der Waals surface area contributed by atoms with Gasteiger partial charge >= 0.3 is 0 Å². The number of ether oxygens (including phenoxy) is 11. The van der Waals surface area contributed by atoms with Crippen molar-refractivity contribution >= 4 is 17.3 Å². The van der Waals surface area contributed by atoms with Crippen LogP contribution in [0.25, 0.3) is 0 Å². The van der Waals surface area contributed by atoms with Gasteiger partial charge in [-0.25, -0.2) is 0 Å². The largest absolute Gasteiger partial charge is 0.491 e. The standard InChI is InChI=1S/C28H50ClNO11/c29-5-6-31-7-8-32-9-10-33-11-12-34-13-14-35-15-16-36-17-18-37-19-20-38-21-22-39-23-24-40-25-26-41-28-3-1-27(30)2-4-28/h1-4H,5-26,30H2. The van der Waals surface area contributed by atoms with E-state index in [1.807, 2.05) is 12.1 Å². The molecule has 0 aromatic heterocycles. The van der Waals surface area contributed by atoms with Crippen molar-refractivity contribution in [3.63, 3.8) is 0 Å². The van der Waals surface area contributed by atoms with Crippen molar-refractivity contribution in [1.82, 2.24) is 0 Å². The van der Waals surface area contributed by atoms with E-state index < -0.39 is 0 Å². The van der Waals surface area contributed by atoms with Gasteiger partial charge in [-0.1, -0.05) is 0 Å². The molecule has 41 heavy (non-hydrogen) atoms. The number of nitrogen functional groups attached to an aromatic ring is 1. The maximum absolute atomic E-state index is 5.63. The Labute approximate surface area is 249 Å². The predicted molar refractivity (Wildman–Crippen MR) is 155 cm³/mol. The summed E-state index contributed by atoms with van der Waals surface area (Å²) in [5.74, 6) is 1.27. The van der Waals surface area contributed by atoms with Crippen LogP contribution >= 0.6 is 11.6 Å². The SMILES string of the molecule is Nc1ccc(OCCOCCOCCOCCOCCOCCOCCOCCOCCOCCOCCCl)cc1. The molecule has 0 spiro atoms. The van der Waals surface area contributed by atoms with E-state index in [9.17, 15) is 0 Å². The molecule has 0 heterocycles. The van der Waals surface area contributed by atoms with Gasteiger partial charge in [-0.3, -0.25) is 0 Å². The van der Waals surface area contributed by atoms with Crippen molar-refractivity contribution in [2.75, 3.05) is 150 Å². The number of nitrogens with two attached hydrogens (primary N) is 1. The molecule has 0 bridgehead atoms. The number of rotatable bonds is 33. The number of hydrogen-bond donors (Lipinski definition) is 1. The summed E-state index contributed by atoms with van der Waals surface area (Å²) in [5.41, 5.74) is 6.34.